The molecule has 21 heavy (non-hydrogen) atoms. The first-order valence-electron chi connectivity index (χ1n) is 7.77. The highest BCUT2D eigenvalue weighted by molar-refractivity contribution is 5.59. The number of ether oxygens (including phenoxy) is 1. The van der Waals surface area contributed by atoms with Crippen LogP contribution in [0.2, 0.25) is 0 Å². The summed E-state index contributed by atoms with van der Waals surface area (Å²) in [5, 5.41) is 3.71. The van der Waals surface area contributed by atoms with Crippen LogP contribution in [0.25, 0.3) is 0 Å². The second kappa shape index (κ2) is 6.21. The Hall–Kier alpha value is -1.96. The first-order valence-corrected chi connectivity index (χ1v) is 7.77. The summed E-state index contributed by atoms with van der Waals surface area (Å²) >= 11 is 0. The van der Waals surface area contributed by atoms with Crippen molar-refractivity contribution < 1.29 is 4.74 Å². The predicted molar refractivity (Wildman–Crippen MR) is 88.1 cm³/mol. The second-order valence-corrected chi connectivity index (χ2v) is 5.85. The van der Waals surface area contributed by atoms with Gasteiger partial charge in [0.25, 0.3) is 0 Å². The van der Waals surface area contributed by atoms with E-state index in [1.807, 2.05) is 6.07 Å². The molecular formula is C19H23NO. The van der Waals surface area contributed by atoms with Gasteiger partial charge in [0.15, 0.2) is 0 Å². The van der Waals surface area contributed by atoms with Gasteiger partial charge in [0.05, 0.1) is 18.8 Å². The Kier molecular flexibility index (Phi) is 4.14. The van der Waals surface area contributed by atoms with Gasteiger partial charge in [-0.05, 0) is 55.0 Å². The third-order valence-electron chi connectivity index (χ3n) is 4.30. The lowest BCUT2D eigenvalue weighted by Gasteiger charge is -2.22. The van der Waals surface area contributed by atoms with Crippen molar-refractivity contribution in [3.63, 3.8) is 0 Å². The van der Waals surface area contributed by atoms with E-state index in [1.165, 1.54) is 42.4 Å². The number of rotatable bonds is 3. The average molecular weight is 281 g/mol. The van der Waals surface area contributed by atoms with Crippen molar-refractivity contribution >= 4 is 5.69 Å². The molecule has 0 spiro atoms. The van der Waals surface area contributed by atoms with Crippen LogP contribution < -0.4 is 10.1 Å². The van der Waals surface area contributed by atoms with E-state index in [4.69, 9.17) is 4.74 Å². The zero-order valence-corrected chi connectivity index (χ0v) is 12.9. The summed E-state index contributed by atoms with van der Waals surface area (Å²) in [5.41, 5.74) is 5.28. The molecule has 0 saturated carbocycles. The van der Waals surface area contributed by atoms with Gasteiger partial charge in [-0.3, -0.25) is 0 Å². The zero-order chi connectivity index (χ0) is 14.7. The van der Waals surface area contributed by atoms with Crippen LogP contribution in [0.5, 0.6) is 5.75 Å². The molecule has 1 N–H and O–H groups in total. The van der Waals surface area contributed by atoms with Crippen LogP contribution in [-0.2, 0) is 6.42 Å². The fourth-order valence-electron chi connectivity index (χ4n) is 3.19. The van der Waals surface area contributed by atoms with Crippen molar-refractivity contribution in [3.8, 4) is 5.75 Å². The summed E-state index contributed by atoms with van der Waals surface area (Å²) in [7, 11) is 1.73. The molecule has 0 aromatic heterocycles. The van der Waals surface area contributed by atoms with E-state index in [0.717, 1.165) is 11.4 Å². The van der Waals surface area contributed by atoms with Crippen molar-refractivity contribution in [3.05, 3.63) is 59.2 Å². The smallest absolute Gasteiger partial charge is 0.141 e. The van der Waals surface area contributed by atoms with Crippen LogP contribution in [0.3, 0.4) is 0 Å². The van der Waals surface area contributed by atoms with E-state index in [1.54, 1.807) is 7.11 Å². The maximum Gasteiger partial charge on any atom is 0.141 e. The minimum Gasteiger partial charge on any atom is -0.495 e. The van der Waals surface area contributed by atoms with Crippen molar-refractivity contribution in [1.82, 2.24) is 0 Å². The Bertz CT molecular complexity index is 621. The molecule has 3 rings (SSSR count). The number of aryl methyl sites for hydroxylation is 2. The van der Waals surface area contributed by atoms with E-state index >= 15 is 0 Å². The molecule has 0 amide bonds. The molecule has 0 saturated heterocycles. The molecule has 0 heterocycles. The molecule has 1 aliphatic carbocycles. The fourth-order valence-corrected chi connectivity index (χ4v) is 3.19. The highest BCUT2D eigenvalue weighted by Crippen LogP contribution is 2.34. The monoisotopic (exact) mass is 281 g/mol. The van der Waals surface area contributed by atoms with Gasteiger partial charge in [0.2, 0.25) is 0 Å². The van der Waals surface area contributed by atoms with E-state index in [2.05, 4.69) is 48.6 Å². The largest absolute Gasteiger partial charge is 0.495 e. The molecule has 1 aliphatic rings. The lowest BCUT2D eigenvalue weighted by molar-refractivity contribution is 0.415. The first kappa shape index (κ1) is 14.0. The zero-order valence-electron chi connectivity index (χ0n) is 12.9. The maximum absolute atomic E-state index is 5.50. The molecule has 0 aliphatic heterocycles. The van der Waals surface area contributed by atoms with Crippen molar-refractivity contribution in [2.24, 2.45) is 0 Å². The van der Waals surface area contributed by atoms with Gasteiger partial charge in [-0.15, -0.1) is 0 Å². The number of methoxy groups -OCH3 is 1. The van der Waals surface area contributed by atoms with Gasteiger partial charge in [0, 0.05) is 0 Å². The van der Waals surface area contributed by atoms with Crippen LogP contribution in [0.1, 0.15) is 42.0 Å². The highest BCUT2D eigenvalue weighted by Gasteiger charge is 2.19. The van der Waals surface area contributed by atoms with Crippen LogP contribution in [0.4, 0.5) is 5.69 Å². The minimum atomic E-state index is 0.374. The van der Waals surface area contributed by atoms with Crippen molar-refractivity contribution in [1.29, 1.82) is 0 Å². The second-order valence-electron chi connectivity index (χ2n) is 5.85. The number of nitrogens with one attached hydrogen (secondary N) is 1. The molecular weight excluding hydrogens is 258 g/mol. The Balaban J connectivity index is 1.93. The topological polar surface area (TPSA) is 21.3 Å². The summed E-state index contributed by atoms with van der Waals surface area (Å²) in [4.78, 5) is 0. The van der Waals surface area contributed by atoms with E-state index in [0.29, 0.717) is 6.04 Å². The Morgan fingerprint density at radius 3 is 2.81 bits per heavy atom. The molecule has 110 valence electrons. The number of fused-ring (bicyclic) bond motifs is 1. The quantitative estimate of drug-likeness (QED) is 0.809. The van der Waals surface area contributed by atoms with Gasteiger partial charge in [0.1, 0.15) is 5.75 Å². The standard InChI is InChI=1S/C19H23NO/c1-14-11-12-19(21-2)18(13-14)20-17-10-6-4-8-15-7-3-5-9-16(15)17/h3,5,7,9,11-13,17,20H,4,6,8,10H2,1-2H3. The fraction of sp³-hybridized carbons (Fsp3) is 0.368. The molecule has 2 aromatic rings. The summed E-state index contributed by atoms with van der Waals surface area (Å²) in [6.45, 7) is 2.12. The van der Waals surface area contributed by atoms with Gasteiger partial charge < -0.3 is 10.1 Å². The maximum atomic E-state index is 5.50. The Morgan fingerprint density at radius 2 is 1.95 bits per heavy atom. The molecule has 1 unspecified atom stereocenters. The molecule has 0 bridgehead atoms. The molecule has 2 aromatic carbocycles. The van der Waals surface area contributed by atoms with Crippen molar-refractivity contribution in [2.75, 3.05) is 12.4 Å². The van der Waals surface area contributed by atoms with Gasteiger partial charge in [-0.2, -0.15) is 0 Å². The molecule has 0 radical (unpaired) electrons. The summed E-state index contributed by atoms with van der Waals surface area (Å²) in [6.07, 6.45) is 4.91. The number of hydrogen-bond donors (Lipinski definition) is 1. The Labute approximate surface area is 127 Å². The number of benzene rings is 2. The Morgan fingerprint density at radius 1 is 1.10 bits per heavy atom. The summed E-state index contributed by atoms with van der Waals surface area (Å²) in [6, 6.07) is 15.5. The highest BCUT2D eigenvalue weighted by atomic mass is 16.5. The number of anilines is 1. The van der Waals surface area contributed by atoms with Crippen LogP contribution in [0.15, 0.2) is 42.5 Å². The lowest BCUT2D eigenvalue weighted by atomic mass is 9.98. The molecule has 2 nitrogen and oxygen atoms in total. The third-order valence-corrected chi connectivity index (χ3v) is 4.30. The molecule has 1 atom stereocenters. The average Bonchev–Trinajstić information content (AvgIpc) is 2.70. The lowest BCUT2D eigenvalue weighted by Crippen LogP contribution is -2.12. The number of hydrogen-bond acceptors (Lipinski definition) is 2. The van der Waals surface area contributed by atoms with Crippen LogP contribution in [0, 0.1) is 6.92 Å². The summed E-state index contributed by atoms with van der Waals surface area (Å²) < 4.78 is 5.50. The normalized spacial score (nSPS) is 17.7. The van der Waals surface area contributed by atoms with E-state index in [-0.39, 0.29) is 0 Å². The summed E-state index contributed by atoms with van der Waals surface area (Å²) in [5.74, 6) is 0.919. The van der Waals surface area contributed by atoms with Gasteiger partial charge in [-0.1, -0.05) is 36.8 Å². The molecule has 2 heteroatoms. The van der Waals surface area contributed by atoms with Gasteiger partial charge in [-0.25, -0.2) is 0 Å². The molecule has 0 fully saturated rings. The van der Waals surface area contributed by atoms with Crippen LogP contribution >= 0.6 is 0 Å². The van der Waals surface area contributed by atoms with E-state index < -0.39 is 0 Å². The minimum absolute atomic E-state index is 0.374. The predicted octanol–water partition coefficient (Wildman–Crippen LogP) is 4.88. The van der Waals surface area contributed by atoms with Gasteiger partial charge >= 0.3 is 0 Å². The SMILES string of the molecule is COc1ccc(C)cc1NC1CCCCc2ccccc21. The first-order chi connectivity index (χ1) is 10.3. The third kappa shape index (κ3) is 3.05. The van der Waals surface area contributed by atoms with E-state index in [9.17, 15) is 0 Å². The van der Waals surface area contributed by atoms with Crippen molar-refractivity contribution in [2.45, 2.75) is 38.6 Å². The van der Waals surface area contributed by atoms with Crippen LogP contribution in [-0.4, -0.2) is 7.11 Å².